The Labute approximate surface area is 120 Å². The first kappa shape index (κ1) is 13.2. The van der Waals surface area contributed by atoms with E-state index in [-0.39, 0.29) is 0 Å². The third kappa shape index (κ3) is 3.93. The molecule has 0 aliphatic heterocycles. The summed E-state index contributed by atoms with van der Waals surface area (Å²) in [4.78, 5) is 0. The second-order valence-corrected chi connectivity index (χ2v) is 5.04. The van der Waals surface area contributed by atoms with Crippen molar-refractivity contribution in [2.45, 2.75) is 0 Å². The molecular formula is C14H13BrClNO. The quantitative estimate of drug-likeness (QED) is 0.811. The van der Waals surface area contributed by atoms with Gasteiger partial charge in [-0.05, 0) is 30.3 Å². The van der Waals surface area contributed by atoms with E-state index >= 15 is 0 Å². The molecule has 0 amide bonds. The van der Waals surface area contributed by atoms with Crippen molar-refractivity contribution in [1.82, 2.24) is 0 Å². The van der Waals surface area contributed by atoms with E-state index < -0.39 is 0 Å². The summed E-state index contributed by atoms with van der Waals surface area (Å²) in [6.45, 7) is 1.30. The Morgan fingerprint density at radius 3 is 2.61 bits per heavy atom. The summed E-state index contributed by atoms with van der Waals surface area (Å²) in [7, 11) is 0. The standard InChI is InChI=1S/C14H13BrClNO/c15-11-6-7-14(13(16)10-11)18-9-8-17-12-4-2-1-3-5-12/h1-7,10,17H,8-9H2. The largest absolute Gasteiger partial charge is 0.490 e. The average Bonchev–Trinajstić information content (AvgIpc) is 2.38. The van der Waals surface area contributed by atoms with Gasteiger partial charge in [-0.2, -0.15) is 0 Å². The van der Waals surface area contributed by atoms with E-state index in [1.54, 1.807) is 0 Å². The van der Waals surface area contributed by atoms with Crippen molar-refractivity contribution < 1.29 is 4.74 Å². The number of anilines is 1. The maximum Gasteiger partial charge on any atom is 0.138 e. The van der Waals surface area contributed by atoms with E-state index in [2.05, 4.69) is 21.2 Å². The second-order valence-electron chi connectivity index (χ2n) is 3.72. The highest BCUT2D eigenvalue weighted by Crippen LogP contribution is 2.27. The van der Waals surface area contributed by atoms with Gasteiger partial charge in [0.15, 0.2) is 0 Å². The van der Waals surface area contributed by atoms with Crippen LogP contribution in [0.2, 0.25) is 5.02 Å². The van der Waals surface area contributed by atoms with Crippen LogP contribution in [0.15, 0.2) is 53.0 Å². The van der Waals surface area contributed by atoms with Gasteiger partial charge in [-0.3, -0.25) is 0 Å². The SMILES string of the molecule is Clc1cc(Br)ccc1OCCNc1ccccc1. The van der Waals surface area contributed by atoms with Crippen molar-refractivity contribution in [2.24, 2.45) is 0 Å². The van der Waals surface area contributed by atoms with Crippen molar-refractivity contribution in [2.75, 3.05) is 18.5 Å². The van der Waals surface area contributed by atoms with Crippen LogP contribution in [0, 0.1) is 0 Å². The fourth-order valence-electron chi connectivity index (χ4n) is 1.50. The Hall–Kier alpha value is -1.19. The smallest absolute Gasteiger partial charge is 0.138 e. The Balaban J connectivity index is 1.79. The van der Waals surface area contributed by atoms with Crippen LogP contribution >= 0.6 is 27.5 Å². The van der Waals surface area contributed by atoms with E-state index in [0.29, 0.717) is 17.4 Å². The minimum Gasteiger partial charge on any atom is -0.490 e. The number of ether oxygens (including phenoxy) is 1. The molecule has 0 saturated heterocycles. The molecule has 2 rings (SSSR count). The molecule has 0 spiro atoms. The summed E-state index contributed by atoms with van der Waals surface area (Å²) in [5.74, 6) is 0.703. The summed E-state index contributed by atoms with van der Waals surface area (Å²) >= 11 is 9.41. The lowest BCUT2D eigenvalue weighted by molar-refractivity contribution is 0.333. The molecule has 0 unspecified atom stereocenters. The van der Waals surface area contributed by atoms with E-state index in [9.17, 15) is 0 Å². The summed E-state index contributed by atoms with van der Waals surface area (Å²) < 4.78 is 6.54. The molecule has 2 aromatic rings. The Bertz CT molecular complexity index is 504. The molecule has 2 nitrogen and oxygen atoms in total. The Morgan fingerprint density at radius 1 is 1.11 bits per heavy atom. The van der Waals surface area contributed by atoms with Crippen LogP contribution in [0.3, 0.4) is 0 Å². The first-order valence-electron chi connectivity index (χ1n) is 5.62. The van der Waals surface area contributed by atoms with Crippen LogP contribution < -0.4 is 10.1 Å². The van der Waals surface area contributed by atoms with Crippen molar-refractivity contribution in [3.8, 4) is 5.75 Å². The van der Waals surface area contributed by atoms with Crippen LogP contribution in [-0.2, 0) is 0 Å². The molecule has 0 fully saturated rings. The zero-order valence-corrected chi connectivity index (χ0v) is 12.0. The Morgan fingerprint density at radius 2 is 1.89 bits per heavy atom. The molecule has 0 aromatic heterocycles. The molecule has 0 aliphatic carbocycles. The molecular weight excluding hydrogens is 314 g/mol. The van der Waals surface area contributed by atoms with Crippen molar-refractivity contribution >= 4 is 33.2 Å². The normalized spacial score (nSPS) is 10.1. The van der Waals surface area contributed by atoms with E-state index in [1.807, 2.05) is 48.5 Å². The van der Waals surface area contributed by atoms with Crippen molar-refractivity contribution in [3.63, 3.8) is 0 Å². The number of rotatable bonds is 5. The number of hydrogen-bond acceptors (Lipinski definition) is 2. The minimum atomic E-state index is 0.566. The number of halogens is 2. The van der Waals surface area contributed by atoms with Crippen molar-refractivity contribution in [3.05, 3.63) is 58.0 Å². The van der Waals surface area contributed by atoms with Gasteiger partial charge >= 0.3 is 0 Å². The topological polar surface area (TPSA) is 21.3 Å². The van der Waals surface area contributed by atoms with Gasteiger partial charge in [-0.15, -0.1) is 0 Å². The first-order valence-corrected chi connectivity index (χ1v) is 6.79. The molecule has 0 bridgehead atoms. The fraction of sp³-hybridized carbons (Fsp3) is 0.143. The van der Waals surface area contributed by atoms with Gasteiger partial charge in [-0.25, -0.2) is 0 Å². The summed E-state index contributed by atoms with van der Waals surface area (Å²) in [5.41, 5.74) is 1.09. The zero-order chi connectivity index (χ0) is 12.8. The van der Waals surface area contributed by atoms with Crippen molar-refractivity contribution in [1.29, 1.82) is 0 Å². The monoisotopic (exact) mass is 325 g/mol. The highest BCUT2D eigenvalue weighted by atomic mass is 79.9. The molecule has 2 aromatic carbocycles. The van der Waals surface area contributed by atoms with Gasteiger partial charge in [-0.1, -0.05) is 45.7 Å². The molecule has 0 saturated carbocycles. The molecule has 18 heavy (non-hydrogen) atoms. The number of hydrogen-bond donors (Lipinski definition) is 1. The molecule has 4 heteroatoms. The van der Waals surface area contributed by atoms with Crippen LogP contribution in [0.4, 0.5) is 5.69 Å². The maximum atomic E-state index is 6.05. The van der Waals surface area contributed by atoms with Gasteiger partial charge in [0, 0.05) is 16.7 Å². The zero-order valence-electron chi connectivity index (χ0n) is 9.70. The summed E-state index contributed by atoms with van der Waals surface area (Å²) in [5, 5.41) is 3.88. The summed E-state index contributed by atoms with van der Waals surface area (Å²) in [6, 6.07) is 15.6. The highest BCUT2D eigenvalue weighted by Gasteiger charge is 2.01. The maximum absolute atomic E-state index is 6.05. The number of para-hydroxylation sites is 1. The predicted octanol–water partition coefficient (Wildman–Crippen LogP) is 4.59. The van der Waals surface area contributed by atoms with Gasteiger partial charge in [0.05, 0.1) is 5.02 Å². The first-order chi connectivity index (χ1) is 8.75. The average molecular weight is 327 g/mol. The van der Waals surface area contributed by atoms with Crippen LogP contribution in [0.5, 0.6) is 5.75 Å². The molecule has 0 heterocycles. The van der Waals surface area contributed by atoms with E-state index in [1.165, 1.54) is 0 Å². The number of nitrogens with one attached hydrogen (secondary N) is 1. The minimum absolute atomic E-state index is 0.566. The van der Waals surface area contributed by atoms with Crippen LogP contribution in [0.1, 0.15) is 0 Å². The van der Waals surface area contributed by atoms with Gasteiger partial charge in [0.2, 0.25) is 0 Å². The predicted molar refractivity (Wildman–Crippen MR) is 79.6 cm³/mol. The van der Waals surface area contributed by atoms with E-state index in [4.69, 9.17) is 16.3 Å². The highest BCUT2D eigenvalue weighted by molar-refractivity contribution is 9.10. The molecule has 1 N–H and O–H groups in total. The number of benzene rings is 2. The third-order valence-electron chi connectivity index (χ3n) is 2.36. The molecule has 0 atom stereocenters. The Kier molecular flexibility index (Phi) is 4.90. The molecule has 94 valence electrons. The third-order valence-corrected chi connectivity index (χ3v) is 3.15. The lowest BCUT2D eigenvalue weighted by Crippen LogP contribution is -2.11. The lowest BCUT2D eigenvalue weighted by atomic mass is 10.3. The molecule has 0 aliphatic rings. The molecule has 0 radical (unpaired) electrons. The second kappa shape index (κ2) is 6.66. The van der Waals surface area contributed by atoms with Gasteiger partial charge in [0.25, 0.3) is 0 Å². The lowest BCUT2D eigenvalue weighted by Gasteiger charge is -2.09. The van der Waals surface area contributed by atoms with E-state index in [0.717, 1.165) is 16.7 Å². The van der Waals surface area contributed by atoms with Gasteiger partial charge < -0.3 is 10.1 Å². The van der Waals surface area contributed by atoms with Crippen LogP contribution in [-0.4, -0.2) is 13.2 Å². The van der Waals surface area contributed by atoms with Gasteiger partial charge in [0.1, 0.15) is 12.4 Å². The van der Waals surface area contributed by atoms with Crippen LogP contribution in [0.25, 0.3) is 0 Å². The fourth-order valence-corrected chi connectivity index (χ4v) is 2.23. The summed E-state index contributed by atoms with van der Waals surface area (Å²) in [6.07, 6.45) is 0.